The summed E-state index contributed by atoms with van der Waals surface area (Å²) in [6.07, 6.45) is 2.97. The van der Waals surface area contributed by atoms with Crippen LogP contribution in [0.1, 0.15) is 20.8 Å². The Kier molecular flexibility index (Phi) is 5.93. The Hall–Kier alpha value is -1.82. The van der Waals surface area contributed by atoms with Crippen molar-refractivity contribution in [1.29, 1.82) is 0 Å². The molecule has 0 aromatic carbocycles. The zero-order valence-electron chi connectivity index (χ0n) is 9.76. The van der Waals surface area contributed by atoms with E-state index in [2.05, 4.69) is 16.9 Å². The van der Waals surface area contributed by atoms with Gasteiger partial charge < -0.3 is 10.4 Å². The molecule has 0 saturated heterocycles. The van der Waals surface area contributed by atoms with E-state index in [1.807, 2.05) is 0 Å². The fourth-order valence-electron chi connectivity index (χ4n) is 1.15. The van der Waals surface area contributed by atoms with Crippen LogP contribution in [0, 0.1) is 0 Å². The third kappa shape index (κ3) is 4.58. The van der Waals surface area contributed by atoms with Crippen LogP contribution in [0.2, 0.25) is 0 Å². The molecule has 0 aliphatic carbocycles. The van der Waals surface area contributed by atoms with Gasteiger partial charge >= 0.3 is 5.97 Å². The topological polar surface area (TPSA) is 79.3 Å². The van der Waals surface area contributed by atoms with Gasteiger partial charge in [-0.25, -0.2) is 4.79 Å². The van der Waals surface area contributed by atoms with Crippen LogP contribution in [0.25, 0.3) is 0 Å². The number of carbonyl (C=O) groups excluding carboxylic acids is 1. The van der Waals surface area contributed by atoms with Gasteiger partial charge in [-0.15, -0.1) is 6.58 Å². The lowest BCUT2D eigenvalue weighted by Gasteiger charge is -2.04. The molecule has 1 heterocycles. The summed E-state index contributed by atoms with van der Waals surface area (Å²) in [6.45, 7) is 4.14. The van der Waals surface area contributed by atoms with E-state index in [1.165, 1.54) is 18.3 Å². The molecule has 0 radical (unpaired) electrons. The van der Waals surface area contributed by atoms with Crippen LogP contribution in [0.15, 0.2) is 31.0 Å². The summed E-state index contributed by atoms with van der Waals surface area (Å²) in [5.41, 5.74) is 0.279. The van der Waals surface area contributed by atoms with Gasteiger partial charge in [0.1, 0.15) is 5.69 Å². The summed E-state index contributed by atoms with van der Waals surface area (Å²) in [4.78, 5) is 26.0. The fourth-order valence-corrected chi connectivity index (χ4v) is 1.73. The molecule has 5 nitrogen and oxygen atoms in total. The smallest absolute Gasteiger partial charge is 0.337 e. The first kappa shape index (κ1) is 14.2. The quantitative estimate of drug-likeness (QED) is 0.576. The molecule has 18 heavy (non-hydrogen) atoms. The average Bonchev–Trinajstić information content (AvgIpc) is 2.38. The molecule has 0 aliphatic heterocycles. The second-order valence-electron chi connectivity index (χ2n) is 3.36. The molecule has 1 rings (SSSR count). The lowest BCUT2D eigenvalue weighted by atomic mass is 10.2. The van der Waals surface area contributed by atoms with Gasteiger partial charge in [0.15, 0.2) is 0 Å². The largest absolute Gasteiger partial charge is 0.478 e. The molecule has 6 heteroatoms. The Balaban J connectivity index is 2.41. The molecule has 0 spiro atoms. The number of pyridine rings is 1. The lowest BCUT2D eigenvalue weighted by molar-refractivity contribution is 0.0695. The molecule has 2 N–H and O–H groups in total. The number of hydrogen-bond donors (Lipinski definition) is 2. The molecule has 1 amide bonds. The average molecular weight is 266 g/mol. The number of rotatable bonds is 7. The first-order valence-corrected chi connectivity index (χ1v) is 6.47. The molecule has 0 fully saturated rings. The van der Waals surface area contributed by atoms with Crippen molar-refractivity contribution in [2.24, 2.45) is 0 Å². The van der Waals surface area contributed by atoms with Crippen LogP contribution >= 0.6 is 11.8 Å². The maximum Gasteiger partial charge on any atom is 0.337 e. The number of thioether (sulfide) groups is 1. The van der Waals surface area contributed by atoms with Gasteiger partial charge in [-0.1, -0.05) is 6.08 Å². The van der Waals surface area contributed by atoms with Crippen molar-refractivity contribution in [3.8, 4) is 0 Å². The monoisotopic (exact) mass is 266 g/mol. The summed E-state index contributed by atoms with van der Waals surface area (Å²) in [5, 5.41) is 11.4. The van der Waals surface area contributed by atoms with Gasteiger partial charge in [0.2, 0.25) is 0 Å². The van der Waals surface area contributed by atoms with E-state index >= 15 is 0 Å². The SMILES string of the molecule is C=CCSCCNC(=O)c1ccc(C(=O)O)cn1. The predicted molar refractivity (Wildman–Crippen MR) is 71.1 cm³/mol. The number of nitrogens with one attached hydrogen (secondary N) is 1. The van der Waals surface area contributed by atoms with Crippen molar-refractivity contribution in [2.45, 2.75) is 0 Å². The molecule has 0 unspecified atom stereocenters. The van der Waals surface area contributed by atoms with Gasteiger partial charge in [-0.2, -0.15) is 11.8 Å². The van der Waals surface area contributed by atoms with Gasteiger partial charge in [-0.05, 0) is 12.1 Å². The van der Waals surface area contributed by atoms with Crippen molar-refractivity contribution in [1.82, 2.24) is 10.3 Å². The van der Waals surface area contributed by atoms with Crippen molar-refractivity contribution in [2.75, 3.05) is 18.1 Å². The van der Waals surface area contributed by atoms with Crippen LogP contribution in [0.3, 0.4) is 0 Å². The van der Waals surface area contributed by atoms with E-state index < -0.39 is 5.97 Å². The van der Waals surface area contributed by atoms with E-state index in [9.17, 15) is 9.59 Å². The Morgan fingerprint density at radius 3 is 2.83 bits per heavy atom. The predicted octanol–water partition coefficient (Wildman–Crippen LogP) is 1.43. The number of hydrogen-bond acceptors (Lipinski definition) is 4. The molecule has 1 aromatic heterocycles. The summed E-state index contributed by atoms with van der Waals surface area (Å²) < 4.78 is 0. The van der Waals surface area contributed by atoms with Crippen LogP contribution in [-0.2, 0) is 0 Å². The Labute approximate surface area is 109 Å². The number of carbonyl (C=O) groups is 2. The minimum Gasteiger partial charge on any atom is -0.478 e. The lowest BCUT2D eigenvalue weighted by Crippen LogP contribution is -2.26. The van der Waals surface area contributed by atoms with Crippen molar-refractivity contribution in [3.05, 3.63) is 42.2 Å². The highest BCUT2D eigenvalue weighted by Crippen LogP contribution is 2.01. The van der Waals surface area contributed by atoms with E-state index in [0.29, 0.717) is 6.54 Å². The van der Waals surface area contributed by atoms with E-state index in [-0.39, 0.29) is 17.2 Å². The van der Waals surface area contributed by atoms with Crippen LogP contribution in [0.4, 0.5) is 0 Å². The van der Waals surface area contributed by atoms with Gasteiger partial charge in [0.05, 0.1) is 5.56 Å². The normalized spacial score (nSPS) is 9.78. The second-order valence-corrected chi connectivity index (χ2v) is 4.51. The number of aromatic carboxylic acids is 1. The summed E-state index contributed by atoms with van der Waals surface area (Å²) >= 11 is 1.67. The molecule has 0 bridgehead atoms. The maximum atomic E-state index is 11.6. The number of carboxylic acids is 1. The highest BCUT2D eigenvalue weighted by Gasteiger charge is 2.08. The van der Waals surface area contributed by atoms with Crippen LogP contribution in [-0.4, -0.2) is 40.0 Å². The molecule has 1 aromatic rings. The molecule has 0 saturated carbocycles. The number of amides is 1. The highest BCUT2D eigenvalue weighted by atomic mass is 32.2. The van der Waals surface area contributed by atoms with Gasteiger partial charge in [0, 0.05) is 24.2 Å². The zero-order chi connectivity index (χ0) is 13.4. The van der Waals surface area contributed by atoms with E-state index in [1.54, 1.807) is 17.8 Å². The fraction of sp³-hybridized carbons (Fsp3) is 0.250. The molecule has 0 atom stereocenters. The Morgan fingerprint density at radius 1 is 1.50 bits per heavy atom. The number of aromatic nitrogens is 1. The Bertz CT molecular complexity index is 431. The van der Waals surface area contributed by atoms with Gasteiger partial charge in [-0.3, -0.25) is 9.78 Å². The second kappa shape index (κ2) is 7.50. The van der Waals surface area contributed by atoms with Crippen molar-refractivity contribution < 1.29 is 14.7 Å². The number of carboxylic acid groups (broad SMARTS) is 1. The summed E-state index contributed by atoms with van der Waals surface area (Å²) in [7, 11) is 0. The first-order chi connectivity index (χ1) is 8.65. The minimum absolute atomic E-state index is 0.0630. The zero-order valence-corrected chi connectivity index (χ0v) is 10.6. The maximum absolute atomic E-state index is 11.6. The van der Waals surface area contributed by atoms with E-state index in [4.69, 9.17) is 5.11 Å². The van der Waals surface area contributed by atoms with Gasteiger partial charge in [0.25, 0.3) is 5.91 Å². The third-order valence-electron chi connectivity index (χ3n) is 2.01. The van der Waals surface area contributed by atoms with Crippen molar-refractivity contribution in [3.63, 3.8) is 0 Å². The van der Waals surface area contributed by atoms with Crippen LogP contribution in [0.5, 0.6) is 0 Å². The molecular weight excluding hydrogens is 252 g/mol. The molecule has 96 valence electrons. The highest BCUT2D eigenvalue weighted by molar-refractivity contribution is 7.99. The number of nitrogens with zero attached hydrogens (tertiary/aromatic N) is 1. The minimum atomic E-state index is -1.06. The standard InChI is InChI=1S/C12H14N2O3S/c1-2-6-18-7-5-13-11(15)10-4-3-9(8-14-10)12(16)17/h2-4,8H,1,5-7H2,(H,13,15)(H,16,17). The summed E-state index contributed by atoms with van der Waals surface area (Å²) in [6, 6.07) is 2.76. The molecule has 0 aliphatic rings. The van der Waals surface area contributed by atoms with Crippen LogP contribution < -0.4 is 5.32 Å². The van der Waals surface area contributed by atoms with E-state index in [0.717, 1.165) is 11.5 Å². The summed E-state index contributed by atoms with van der Waals surface area (Å²) in [5.74, 6) is 0.285. The molecular formula is C12H14N2O3S. The third-order valence-corrected chi connectivity index (χ3v) is 2.97. The van der Waals surface area contributed by atoms with Crippen molar-refractivity contribution >= 4 is 23.6 Å². The Morgan fingerprint density at radius 2 is 2.28 bits per heavy atom. The first-order valence-electron chi connectivity index (χ1n) is 5.31.